The largest absolute Gasteiger partial charge is 0.481 e. The molecule has 0 fully saturated rings. The van der Waals surface area contributed by atoms with Gasteiger partial charge in [0.05, 0.1) is 18.2 Å². The fourth-order valence-electron chi connectivity index (χ4n) is 2.04. The SMILES string of the molecule is CCCC(CC(=O)O)n1nnnc1-c1snnc1CC. The van der Waals surface area contributed by atoms with Crippen LogP contribution in [-0.2, 0) is 11.2 Å². The van der Waals surface area contributed by atoms with Gasteiger partial charge in [-0.25, -0.2) is 4.68 Å². The van der Waals surface area contributed by atoms with Crippen molar-refractivity contribution in [3.8, 4) is 10.7 Å². The van der Waals surface area contributed by atoms with E-state index in [2.05, 4.69) is 25.1 Å². The molecule has 0 aliphatic rings. The van der Waals surface area contributed by atoms with Crippen LogP contribution in [0, 0.1) is 0 Å². The summed E-state index contributed by atoms with van der Waals surface area (Å²) in [4.78, 5) is 11.8. The Morgan fingerprint density at radius 2 is 2.20 bits per heavy atom. The van der Waals surface area contributed by atoms with Gasteiger partial charge in [0, 0.05) is 0 Å². The van der Waals surface area contributed by atoms with Crippen LogP contribution in [-0.4, -0.2) is 40.9 Å². The summed E-state index contributed by atoms with van der Waals surface area (Å²) in [6, 6.07) is -0.255. The van der Waals surface area contributed by atoms with Crippen LogP contribution in [0.2, 0.25) is 0 Å². The molecule has 0 spiro atoms. The average molecular weight is 296 g/mol. The molecule has 0 aromatic carbocycles. The first-order chi connectivity index (χ1) is 9.67. The van der Waals surface area contributed by atoms with Crippen molar-refractivity contribution < 1.29 is 9.90 Å². The number of aliphatic carboxylic acids is 1. The molecule has 0 aliphatic carbocycles. The molecule has 0 radical (unpaired) electrons. The van der Waals surface area contributed by atoms with Crippen molar-refractivity contribution in [2.24, 2.45) is 0 Å². The van der Waals surface area contributed by atoms with Gasteiger partial charge in [-0.15, -0.1) is 10.2 Å². The zero-order chi connectivity index (χ0) is 14.5. The highest BCUT2D eigenvalue weighted by Gasteiger charge is 2.23. The van der Waals surface area contributed by atoms with Crippen molar-refractivity contribution in [2.75, 3.05) is 0 Å². The maximum absolute atomic E-state index is 11.0. The molecule has 2 heterocycles. The lowest BCUT2D eigenvalue weighted by atomic mass is 10.1. The van der Waals surface area contributed by atoms with E-state index in [0.717, 1.165) is 23.4 Å². The third kappa shape index (κ3) is 2.98. The minimum atomic E-state index is -0.858. The molecule has 0 bridgehead atoms. The highest BCUT2D eigenvalue weighted by Crippen LogP contribution is 2.28. The van der Waals surface area contributed by atoms with Gasteiger partial charge in [0.2, 0.25) is 0 Å². The van der Waals surface area contributed by atoms with Crippen LogP contribution in [0.1, 0.15) is 44.8 Å². The standard InChI is InChI=1S/C11H16N6O2S/c1-3-5-7(6-9(18)19)17-11(13-14-15-17)10-8(4-2)12-16-20-10/h7H,3-6H2,1-2H3,(H,18,19). The van der Waals surface area contributed by atoms with Crippen LogP contribution in [0.5, 0.6) is 0 Å². The second kappa shape index (κ2) is 6.51. The molecule has 1 atom stereocenters. The topological polar surface area (TPSA) is 107 Å². The fourth-order valence-corrected chi connectivity index (χ4v) is 2.77. The molecular formula is C11H16N6O2S. The number of carboxylic acids is 1. The molecule has 2 aromatic rings. The zero-order valence-electron chi connectivity index (χ0n) is 11.4. The predicted octanol–water partition coefficient (Wildman–Crippen LogP) is 1.57. The number of rotatable bonds is 7. The molecule has 108 valence electrons. The molecule has 2 aromatic heterocycles. The fraction of sp³-hybridized carbons (Fsp3) is 0.636. The molecule has 0 aliphatic heterocycles. The van der Waals surface area contributed by atoms with Crippen molar-refractivity contribution in [1.82, 2.24) is 29.8 Å². The number of nitrogens with zero attached hydrogens (tertiary/aromatic N) is 6. The van der Waals surface area contributed by atoms with Crippen molar-refractivity contribution in [3.05, 3.63) is 5.69 Å². The van der Waals surface area contributed by atoms with Crippen molar-refractivity contribution in [1.29, 1.82) is 0 Å². The molecule has 20 heavy (non-hydrogen) atoms. The second-order valence-corrected chi connectivity index (χ2v) is 5.14. The van der Waals surface area contributed by atoms with Gasteiger partial charge in [0.1, 0.15) is 4.88 Å². The molecular weight excluding hydrogens is 280 g/mol. The van der Waals surface area contributed by atoms with E-state index in [1.807, 2.05) is 13.8 Å². The number of hydrogen-bond acceptors (Lipinski definition) is 7. The van der Waals surface area contributed by atoms with Crippen LogP contribution in [0.25, 0.3) is 10.7 Å². The van der Waals surface area contributed by atoms with Crippen LogP contribution < -0.4 is 0 Å². The van der Waals surface area contributed by atoms with E-state index in [0.29, 0.717) is 12.2 Å². The number of aromatic nitrogens is 6. The van der Waals surface area contributed by atoms with Crippen molar-refractivity contribution in [3.63, 3.8) is 0 Å². The number of hydrogen-bond donors (Lipinski definition) is 1. The summed E-state index contributed by atoms with van der Waals surface area (Å²) < 4.78 is 5.51. The summed E-state index contributed by atoms with van der Waals surface area (Å²) in [7, 11) is 0. The second-order valence-electron chi connectivity index (χ2n) is 4.39. The van der Waals surface area contributed by atoms with Gasteiger partial charge >= 0.3 is 5.97 Å². The summed E-state index contributed by atoms with van der Waals surface area (Å²) in [5.41, 5.74) is 0.830. The first kappa shape index (κ1) is 14.5. The third-order valence-electron chi connectivity index (χ3n) is 2.96. The number of carbonyl (C=O) groups is 1. The molecule has 2 rings (SSSR count). The van der Waals surface area contributed by atoms with E-state index in [-0.39, 0.29) is 12.5 Å². The van der Waals surface area contributed by atoms with Gasteiger partial charge in [-0.2, -0.15) is 0 Å². The Balaban J connectivity index is 2.37. The van der Waals surface area contributed by atoms with Crippen LogP contribution in [0.15, 0.2) is 0 Å². The van der Waals surface area contributed by atoms with E-state index >= 15 is 0 Å². The first-order valence-corrected chi connectivity index (χ1v) is 7.25. The van der Waals surface area contributed by atoms with Crippen LogP contribution in [0.3, 0.4) is 0 Å². The minimum Gasteiger partial charge on any atom is -0.481 e. The number of aryl methyl sites for hydroxylation is 1. The van der Waals surface area contributed by atoms with E-state index in [9.17, 15) is 4.79 Å². The first-order valence-electron chi connectivity index (χ1n) is 6.48. The predicted molar refractivity (Wildman–Crippen MR) is 72.3 cm³/mol. The zero-order valence-corrected chi connectivity index (χ0v) is 12.2. The normalized spacial score (nSPS) is 12.5. The monoisotopic (exact) mass is 296 g/mol. The Bertz CT molecular complexity index is 581. The lowest BCUT2D eigenvalue weighted by Crippen LogP contribution is -2.16. The van der Waals surface area contributed by atoms with Gasteiger partial charge < -0.3 is 5.11 Å². The van der Waals surface area contributed by atoms with E-state index in [1.54, 1.807) is 4.68 Å². The Morgan fingerprint density at radius 3 is 2.85 bits per heavy atom. The van der Waals surface area contributed by atoms with Gasteiger partial charge in [0.15, 0.2) is 5.82 Å². The lowest BCUT2D eigenvalue weighted by molar-refractivity contribution is -0.138. The summed E-state index contributed by atoms with van der Waals surface area (Å²) in [5, 5.41) is 24.7. The summed E-state index contributed by atoms with van der Waals surface area (Å²) in [6.45, 7) is 3.99. The van der Waals surface area contributed by atoms with Gasteiger partial charge in [-0.1, -0.05) is 24.8 Å². The van der Waals surface area contributed by atoms with Crippen LogP contribution in [0.4, 0.5) is 0 Å². The van der Waals surface area contributed by atoms with E-state index in [4.69, 9.17) is 5.11 Å². The summed E-state index contributed by atoms with van der Waals surface area (Å²) >= 11 is 1.23. The molecule has 9 heteroatoms. The molecule has 0 amide bonds. The maximum atomic E-state index is 11.0. The Hall–Kier alpha value is -1.90. The van der Waals surface area contributed by atoms with Gasteiger partial charge in [0.25, 0.3) is 0 Å². The maximum Gasteiger partial charge on any atom is 0.305 e. The molecule has 0 saturated carbocycles. The molecule has 1 unspecified atom stereocenters. The number of tetrazole rings is 1. The Morgan fingerprint density at radius 1 is 1.40 bits per heavy atom. The third-order valence-corrected chi connectivity index (χ3v) is 3.73. The van der Waals surface area contributed by atoms with Gasteiger partial charge in [-0.05, 0) is 34.8 Å². The summed E-state index contributed by atoms with van der Waals surface area (Å²) in [6.07, 6.45) is 2.30. The quantitative estimate of drug-likeness (QED) is 0.826. The Labute approximate surface area is 120 Å². The Kier molecular flexibility index (Phi) is 4.72. The van der Waals surface area contributed by atoms with Crippen molar-refractivity contribution in [2.45, 2.75) is 45.6 Å². The van der Waals surface area contributed by atoms with E-state index < -0.39 is 5.97 Å². The molecule has 8 nitrogen and oxygen atoms in total. The van der Waals surface area contributed by atoms with Gasteiger partial charge in [-0.3, -0.25) is 4.79 Å². The number of carboxylic acid groups (broad SMARTS) is 1. The molecule has 1 N–H and O–H groups in total. The highest BCUT2D eigenvalue weighted by molar-refractivity contribution is 7.09. The van der Waals surface area contributed by atoms with Crippen LogP contribution >= 0.6 is 11.5 Å². The van der Waals surface area contributed by atoms with Crippen molar-refractivity contribution >= 4 is 17.5 Å². The van der Waals surface area contributed by atoms with E-state index in [1.165, 1.54) is 11.5 Å². The smallest absolute Gasteiger partial charge is 0.305 e. The highest BCUT2D eigenvalue weighted by atomic mass is 32.1. The molecule has 0 saturated heterocycles. The summed E-state index contributed by atoms with van der Waals surface area (Å²) in [5.74, 6) is -0.306. The lowest BCUT2D eigenvalue weighted by Gasteiger charge is -2.15. The minimum absolute atomic E-state index is 0.000426. The average Bonchev–Trinajstić information content (AvgIpc) is 3.05.